The molecule has 0 saturated carbocycles. The fraction of sp³-hybridized carbons (Fsp3) is 0.484. The van der Waals surface area contributed by atoms with Gasteiger partial charge in [0.15, 0.2) is 0 Å². The van der Waals surface area contributed by atoms with Gasteiger partial charge >= 0.3 is 24.1 Å². The maximum atomic E-state index is 13.1. The number of hydrogen-bond acceptors (Lipinski definition) is 8. The molecule has 2 amide bonds. The van der Waals surface area contributed by atoms with Gasteiger partial charge in [-0.25, -0.2) is 19.2 Å². The Morgan fingerprint density at radius 3 is 1.86 bits per heavy atom. The average Bonchev–Trinajstić information content (AvgIpc) is 2.89. The van der Waals surface area contributed by atoms with Crippen LogP contribution < -0.4 is 10.6 Å². The third kappa shape index (κ3) is 13.7. The Hall–Kier alpha value is -3.86. The molecule has 0 saturated heterocycles. The van der Waals surface area contributed by atoms with Crippen molar-refractivity contribution in [3.05, 3.63) is 71.3 Å². The zero-order valence-corrected chi connectivity index (χ0v) is 26.7. The summed E-state index contributed by atoms with van der Waals surface area (Å²) in [5.74, 6) is -1.23. The quantitative estimate of drug-likeness (QED) is 0.186. The average molecular weight is 601 g/mol. The number of alkyl carbamates (subject to hydrolysis) is 2. The molecule has 42 heavy (non-hydrogen) atoms. The normalized spacial score (nSPS) is 12.8. The predicted molar refractivity (Wildman–Crippen MR) is 162 cm³/mol. The van der Waals surface area contributed by atoms with E-state index in [2.05, 4.69) is 30.3 Å². The summed E-state index contributed by atoms with van der Waals surface area (Å²) in [4.78, 5) is 50.4. The lowest BCUT2D eigenvalue weighted by Crippen LogP contribution is -2.45. The molecule has 11 heteroatoms. The molecule has 0 aliphatic carbocycles. The Morgan fingerprint density at radius 2 is 1.31 bits per heavy atom. The van der Waals surface area contributed by atoms with Crippen molar-refractivity contribution in [2.24, 2.45) is 0 Å². The molecule has 2 aromatic rings. The minimum atomic E-state index is -1.39. The van der Waals surface area contributed by atoms with E-state index in [1.165, 1.54) is 7.11 Å². The summed E-state index contributed by atoms with van der Waals surface area (Å²) in [6.07, 6.45) is -1.20. The van der Waals surface area contributed by atoms with Gasteiger partial charge in [0.2, 0.25) is 0 Å². The highest BCUT2D eigenvalue weighted by molar-refractivity contribution is 6.76. The van der Waals surface area contributed by atoms with E-state index in [1.807, 2.05) is 30.3 Å². The number of nitrogens with one attached hydrogen (secondary N) is 2. The smallest absolute Gasteiger partial charge is 0.408 e. The molecule has 10 nitrogen and oxygen atoms in total. The first kappa shape index (κ1) is 34.3. The van der Waals surface area contributed by atoms with Crippen LogP contribution in [0.25, 0.3) is 0 Å². The number of carbonyl (C=O) groups excluding carboxylic acids is 4. The Balaban J connectivity index is 2.15. The van der Waals surface area contributed by atoms with Crippen LogP contribution in [0, 0.1) is 0 Å². The van der Waals surface area contributed by atoms with Gasteiger partial charge in [0.05, 0.1) is 13.7 Å². The summed E-state index contributed by atoms with van der Waals surface area (Å²) in [5, 5.41) is 5.21. The molecule has 230 valence electrons. The molecule has 0 bridgehead atoms. The van der Waals surface area contributed by atoms with E-state index in [1.54, 1.807) is 45.0 Å². The zero-order chi connectivity index (χ0) is 31.3. The Kier molecular flexibility index (Phi) is 13.0. The number of carbonyl (C=O) groups is 4. The molecular weight excluding hydrogens is 556 g/mol. The van der Waals surface area contributed by atoms with Gasteiger partial charge in [0.1, 0.15) is 24.3 Å². The highest BCUT2D eigenvalue weighted by atomic mass is 28.3. The van der Waals surface area contributed by atoms with Gasteiger partial charge in [-0.3, -0.25) is 0 Å². The van der Waals surface area contributed by atoms with E-state index in [-0.39, 0.29) is 26.1 Å². The van der Waals surface area contributed by atoms with Crippen LogP contribution in [0.5, 0.6) is 0 Å². The minimum Gasteiger partial charge on any atom is -0.467 e. The molecule has 0 unspecified atom stereocenters. The molecule has 0 spiro atoms. The molecular formula is C31H44N2O8Si. The largest absolute Gasteiger partial charge is 0.467 e. The van der Waals surface area contributed by atoms with Crippen LogP contribution in [0.1, 0.15) is 37.5 Å². The van der Waals surface area contributed by atoms with Gasteiger partial charge in [-0.15, -0.1) is 0 Å². The Labute approximate surface area is 249 Å². The summed E-state index contributed by atoms with van der Waals surface area (Å²) < 4.78 is 21.0. The number of amides is 2. The molecule has 2 atom stereocenters. The van der Waals surface area contributed by atoms with Gasteiger partial charge in [0.25, 0.3) is 0 Å². The van der Waals surface area contributed by atoms with Crippen molar-refractivity contribution in [2.45, 2.75) is 83.6 Å². The molecule has 0 aliphatic heterocycles. The van der Waals surface area contributed by atoms with Crippen molar-refractivity contribution in [1.82, 2.24) is 10.6 Å². The van der Waals surface area contributed by atoms with E-state index in [9.17, 15) is 19.2 Å². The first-order chi connectivity index (χ1) is 19.6. The lowest BCUT2D eigenvalue weighted by atomic mass is 9.99. The molecule has 2 aromatic carbocycles. The summed E-state index contributed by atoms with van der Waals surface area (Å²) >= 11 is 0. The van der Waals surface area contributed by atoms with Crippen molar-refractivity contribution >= 4 is 32.2 Å². The summed E-state index contributed by atoms with van der Waals surface area (Å²) in [6.45, 7) is 12.0. The van der Waals surface area contributed by atoms with Crippen LogP contribution in [-0.2, 0) is 48.0 Å². The van der Waals surface area contributed by atoms with Crippen LogP contribution >= 0.6 is 0 Å². The zero-order valence-electron chi connectivity index (χ0n) is 25.7. The van der Waals surface area contributed by atoms with Gasteiger partial charge in [-0.2, -0.15) is 0 Å². The molecule has 2 N–H and O–H groups in total. The third-order valence-electron chi connectivity index (χ3n) is 5.93. The second-order valence-corrected chi connectivity index (χ2v) is 17.8. The minimum absolute atomic E-state index is 0.0483. The van der Waals surface area contributed by atoms with Crippen molar-refractivity contribution in [2.75, 3.05) is 13.7 Å². The highest BCUT2D eigenvalue weighted by Gasteiger charge is 2.27. The number of rotatable bonds is 13. The Morgan fingerprint density at radius 1 is 0.762 bits per heavy atom. The maximum Gasteiger partial charge on any atom is 0.408 e. The summed E-state index contributed by atoms with van der Waals surface area (Å²) in [6, 6.07) is 15.2. The topological polar surface area (TPSA) is 129 Å². The van der Waals surface area contributed by atoms with Crippen LogP contribution in [0.2, 0.25) is 25.7 Å². The molecule has 0 aromatic heterocycles. The number of methoxy groups -OCH3 is 1. The van der Waals surface area contributed by atoms with Gasteiger partial charge < -0.3 is 29.6 Å². The van der Waals surface area contributed by atoms with E-state index in [0.29, 0.717) is 11.1 Å². The van der Waals surface area contributed by atoms with Crippen LogP contribution in [0.3, 0.4) is 0 Å². The maximum absolute atomic E-state index is 13.1. The number of esters is 2. The SMILES string of the molecule is COC(=O)[C@@H](Cc1cccc(C[C@@H](NC(=O)OC(C)(C)C)C(=O)OCc2ccccc2)c1)NC(=O)OCC[Si](C)(C)C. The van der Waals surface area contributed by atoms with Crippen molar-refractivity contribution in [1.29, 1.82) is 0 Å². The second-order valence-electron chi connectivity index (χ2n) is 12.2. The van der Waals surface area contributed by atoms with E-state index in [0.717, 1.165) is 11.6 Å². The number of ether oxygens (including phenoxy) is 4. The van der Waals surface area contributed by atoms with Crippen LogP contribution in [0.15, 0.2) is 54.6 Å². The molecule has 0 heterocycles. The van der Waals surface area contributed by atoms with Crippen molar-refractivity contribution in [3.63, 3.8) is 0 Å². The number of benzene rings is 2. The number of hydrogen-bond donors (Lipinski definition) is 2. The van der Waals surface area contributed by atoms with Crippen molar-refractivity contribution < 1.29 is 38.1 Å². The Bertz CT molecular complexity index is 1190. The standard InChI is InChI=1S/C31H44N2O8Si/c1-31(2,3)41-30(37)33-26(28(35)40-21-22-12-9-8-10-13-22)20-24-15-11-14-23(18-24)19-25(27(34)38-4)32-29(36)39-16-17-42(5,6)7/h8-15,18,25-26H,16-17,19-21H2,1-7H3,(H,32,36)(H,33,37)/t25-,26-/m1/s1. The molecule has 2 rings (SSSR count). The second kappa shape index (κ2) is 16.0. The summed E-state index contributed by atoms with van der Waals surface area (Å²) in [5.41, 5.74) is 1.46. The van der Waals surface area contributed by atoms with E-state index in [4.69, 9.17) is 18.9 Å². The fourth-order valence-electron chi connectivity index (χ4n) is 3.80. The molecule has 0 aliphatic rings. The third-order valence-corrected chi connectivity index (χ3v) is 7.64. The van der Waals surface area contributed by atoms with E-state index >= 15 is 0 Å². The van der Waals surface area contributed by atoms with Gasteiger partial charge in [0, 0.05) is 20.9 Å². The van der Waals surface area contributed by atoms with Crippen LogP contribution in [-0.4, -0.2) is 63.6 Å². The van der Waals surface area contributed by atoms with Crippen LogP contribution in [0.4, 0.5) is 9.59 Å². The van der Waals surface area contributed by atoms with Gasteiger partial charge in [-0.1, -0.05) is 74.2 Å². The lowest BCUT2D eigenvalue weighted by molar-refractivity contribution is -0.147. The highest BCUT2D eigenvalue weighted by Crippen LogP contribution is 2.14. The summed E-state index contributed by atoms with van der Waals surface area (Å²) in [7, 11) is -0.143. The lowest BCUT2D eigenvalue weighted by Gasteiger charge is -2.23. The predicted octanol–water partition coefficient (Wildman–Crippen LogP) is 5.01. The first-order valence-corrected chi connectivity index (χ1v) is 17.6. The first-order valence-electron chi connectivity index (χ1n) is 13.9. The fourth-order valence-corrected chi connectivity index (χ4v) is 4.51. The monoisotopic (exact) mass is 600 g/mol. The van der Waals surface area contributed by atoms with E-state index < -0.39 is 49.9 Å². The molecule has 0 fully saturated rings. The van der Waals surface area contributed by atoms with Crippen molar-refractivity contribution in [3.8, 4) is 0 Å². The molecule has 0 radical (unpaired) electrons. The van der Waals surface area contributed by atoms with Gasteiger partial charge in [-0.05, 0) is 43.5 Å².